The van der Waals surface area contributed by atoms with E-state index in [4.69, 9.17) is 11.6 Å². The van der Waals surface area contributed by atoms with Gasteiger partial charge < -0.3 is 4.40 Å². The van der Waals surface area contributed by atoms with Crippen molar-refractivity contribution in [1.82, 2.24) is 9.38 Å². The molecule has 2 heterocycles. The third-order valence-electron chi connectivity index (χ3n) is 2.73. The molecule has 3 nitrogen and oxygen atoms in total. The molecule has 0 aliphatic carbocycles. The third-order valence-corrected chi connectivity index (χ3v) is 2.95. The van der Waals surface area contributed by atoms with Gasteiger partial charge in [-0.15, -0.1) is 0 Å². The second-order valence-electron chi connectivity index (χ2n) is 3.91. The van der Waals surface area contributed by atoms with Crippen LogP contribution in [0.15, 0.2) is 24.5 Å². The van der Waals surface area contributed by atoms with Gasteiger partial charge >= 0.3 is 0 Å². The molecule has 0 saturated carbocycles. The molecular weight excluding hydrogens is 224 g/mol. The van der Waals surface area contributed by atoms with Crippen molar-refractivity contribution < 1.29 is 4.79 Å². The van der Waals surface area contributed by atoms with Crippen LogP contribution in [0.2, 0.25) is 5.02 Å². The molecule has 0 aromatic carbocycles. The van der Waals surface area contributed by atoms with Gasteiger partial charge in [-0.1, -0.05) is 25.4 Å². The largest absolute Gasteiger partial charge is 0.305 e. The first-order valence-corrected chi connectivity index (χ1v) is 5.68. The summed E-state index contributed by atoms with van der Waals surface area (Å²) in [5.41, 5.74) is 1.26. The van der Waals surface area contributed by atoms with E-state index >= 15 is 0 Å². The molecule has 0 bridgehead atoms. The molecule has 16 heavy (non-hydrogen) atoms. The fraction of sp³-hybridized carbons (Fsp3) is 0.333. The molecule has 2 aromatic heterocycles. The first-order valence-electron chi connectivity index (χ1n) is 5.30. The van der Waals surface area contributed by atoms with Crippen molar-refractivity contribution in [2.75, 3.05) is 0 Å². The molecule has 0 aliphatic rings. The molecule has 1 unspecified atom stereocenters. The lowest BCUT2D eigenvalue weighted by molar-refractivity contribution is 0.0923. The van der Waals surface area contributed by atoms with Crippen molar-refractivity contribution in [2.45, 2.75) is 20.3 Å². The average molecular weight is 237 g/mol. The van der Waals surface area contributed by atoms with Gasteiger partial charge in [-0.3, -0.25) is 4.79 Å². The van der Waals surface area contributed by atoms with Crippen LogP contribution in [0.1, 0.15) is 30.8 Å². The molecule has 4 heteroatoms. The Balaban J connectivity index is 2.43. The van der Waals surface area contributed by atoms with Crippen LogP contribution in [0, 0.1) is 5.92 Å². The average Bonchev–Trinajstić information content (AvgIpc) is 2.69. The fourth-order valence-corrected chi connectivity index (χ4v) is 1.69. The Morgan fingerprint density at radius 2 is 2.25 bits per heavy atom. The normalized spacial score (nSPS) is 12.9. The fourth-order valence-electron chi connectivity index (χ4n) is 1.52. The van der Waals surface area contributed by atoms with E-state index in [1.807, 2.05) is 13.8 Å². The van der Waals surface area contributed by atoms with E-state index in [9.17, 15) is 4.79 Å². The predicted molar refractivity (Wildman–Crippen MR) is 64.0 cm³/mol. The van der Waals surface area contributed by atoms with Crippen LogP contribution in [0.5, 0.6) is 0 Å². The van der Waals surface area contributed by atoms with E-state index in [0.29, 0.717) is 10.7 Å². The Kier molecular flexibility index (Phi) is 2.97. The number of halogens is 1. The van der Waals surface area contributed by atoms with Crippen molar-refractivity contribution in [3.63, 3.8) is 0 Å². The van der Waals surface area contributed by atoms with Crippen LogP contribution in [0.4, 0.5) is 0 Å². The molecular formula is C12H13ClN2O. The number of aromatic nitrogens is 2. The van der Waals surface area contributed by atoms with Gasteiger partial charge in [0.25, 0.3) is 0 Å². The molecule has 1 atom stereocenters. The number of rotatable bonds is 3. The highest BCUT2D eigenvalue weighted by molar-refractivity contribution is 6.30. The number of carbonyl (C=O) groups is 1. The van der Waals surface area contributed by atoms with E-state index in [2.05, 4.69) is 4.98 Å². The van der Waals surface area contributed by atoms with Crippen LogP contribution in [0.3, 0.4) is 0 Å². The molecule has 2 rings (SSSR count). The van der Waals surface area contributed by atoms with Gasteiger partial charge in [0.15, 0.2) is 5.78 Å². The number of hydrogen-bond donors (Lipinski definition) is 0. The number of hydrogen-bond acceptors (Lipinski definition) is 2. The number of ketones is 1. The van der Waals surface area contributed by atoms with Crippen molar-refractivity contribution in [3.05, 3.63) is 35.2 Å². The summed E-state index contributed by atoms with van der Waals surface area (Å²) in [7, 11) is 0. The SMILES string of the molecule is CCC(C)C(=O)c1cn2cc(Cl)ccc2n1. The molecule has 2 aromatic rings. The number of fused-ring (bicyclic) bond motifs is 1. The van der Waals surface area contributed by atoms with Crippen molar-refractivity contribution in [1.29, 1.82) is 0 Å². The Bertz CT molecular complexity index is 533. The molecule has 0 amide bonds. The van der Waals surface area contributed by atoms with Gasteiger partial charge in [-0.25, -0.2) is 4.98 Å². The summed E-state index contributed by atoms with van der Waals surface area (Å²) in [6.07, 6.45) is 4.31. The summed E-state index contributed by atoms with van der Waals surface area (Å²) in [5.74, 6) is 0.0997. The molecule has 0 radical (unpaired) electrons. The molecule has 84 valence electrons. The van der Waals surface area contributed by atoms with Crippen LogP contribution in [-0.4, -0.2) is 15.2 Å². The monoisotopic (exact) mass is 236 g/mol. The lowest BCUT2D eigenvalue weighted by atomic mass is 10.0. The smallest absolute Gasteiger partial charge is 0.185 e. The summed E-state index contributed by atoms with van der Waals surface area (Å²) >= 11 is 5.86. The van der Waals surface area contributed by atoms with E-state index in [1.54, 1.807) is 28.9 Å². The molecule has 0 fully saturated rings. The summed E-state index contributed by atoms with van der Waals surface area (Å²) < 4.78 is 1.78. The lowest BCUT2D eigenvalue weighted by Gasteiger charge is -2.02. The molecule has 0 saturated heterocycles. The molecule has 0 aliphatic heterocycles. The minimum Gasteiger partial charge on any atom is -0.305 e. The number of nitrogens with zero attached hydrogens (tertiary/aromatic N) is 2. The topological polar surface area (TPSA) is 34.4 Å². The van der Waals surface area contributed by atoms with Crippen molar-refractivity contribution in [3.8, 4) is 0 Å². The van der Waals surface area contributed by atoms with Crippen LogP contribution in [0.25, 0.3) is 5.65 Å². The van der Waals surface area contributed by atoms with Crippen molar-refractivity contribution >= 4 is 23.0 Å². The third kappa shape index (κ3) is 1.95. The lowest BCUT2D eigenvalue weighted by Crippen LogP contribution is -2.10. The summed E-state index contributed by atoms with van der Waals surface area (Å²) in [6, 6.07) is 3.57. The summed E-state index contributed by atoms with van der Waals surface area (Å²) in [4.78, 5) is 16.2. The predicted octanol–water partition coefficient (Wildman–Crippen LogP) is 3.22. The zero-order valence-corrected chi connectivity index (χ0v) is 10.0. The zero-order valence-electron chi connectivity index (χ0n) is 9.27. The second-order valence-corrected chi connectivity index (χ2v) is 4.35. The van der Waals surface area contributed by atoms with Crippen LogP contribution in [-0.2, 0) is 0 Å². The summed E-state index contributed by atoms with van der Waals surface area (Å²) in [6.45, 7) is 3.91. The van der Waals surface area contributed by atoms with E-state index in [-0.39, 0.29) is 11.7 Å². The van der Waals surface area contributed by atoms with Gasteiger partial charge in [0.1, 0.15) is 11.3 Å². The zero-order chi connectivity index (χ0) is 11.7. The van der Waals surface area contributed by atoms with Gasteiger partial charge in [-0.05, 0) is 18.6 Å². The standard InChI is InChI=1S/C12H13ClN2O/c1-3-8(2)12(16)10-7-15-6-9(13)4-5-11(15)14-10/h4-8H,3H2,1-2H3. The maximum Gasteiger partial charge on any atom is 0.185 e. The van der Waals surface area contributed by atoms with E-state index in [1.165, 1.54) is 0 Å². The van der Waals surface area contributed by atoms with Gasteiger partial charge in [0.2, 0.25) is 0 Å². The second kappa shape index (κ2) is 4.26. The number of pyridine rings is 1. The number of Topliss-reactive ketones (excluding diaryl/α,β-unsaturated/α-hetero) is 1. The van der Waals surface area contributed by atoms with Gasteiger partial charge in [-0.2, -0.15) is 0 Å². The minimum absolute atomic E-state index is 0.0142. The highest BCUT2D eigenvalue weighted by Gasteiger charge is 2.16. The summed E-state index contributed by atoms with van der Waals surface area (Å²) in [5, 5.41) is 0.632. The maximum atomic E-state index is 11.9. The number of carbonyl (C=O) groups excluding carboxylic acids is 1. The van der Waals surface area contributed by atoms with Crippen LogP contribution < -0.4 is 0 Å². The Labute approximate surface area is 99.1 Å². The van der Waals surface area contributed by atoms with Gasteiger partial charge in [0, 0.05) is 18.3 Å². The van der Waals surface area contributed by atoms with Crippen molar-refractivity contribution in [2.24, 2.45) is 5.92 Å². The Hall–Kier alpha value is -1.35. The molecule has 0 N–H and O–H groups in total. The molecule has 0 spiro atoms. The Morgan fingerprint density at radius 1 is 1.50 bits per heavy atom. The van der Waals surface area contributed by atoms with Gasteiger partial charge in [0.05, 0.1) is 5.02 Å². The minimum atomic E-state index is 0.0142. The first-order chi connectivity index (χ1) is 7.61. The highest BCUT2D eigenvalue weighted by atomic mass is 35.5. The maximum absolute atomic E-state index is 11.9. The first kappa shape index (κ1) is 11.1. The Morgan fingerprint density at radius 3 is 2.94 bits per heavy atom. The van der Waals surface area contributed by atoms with Crippen LogP contribution >= 0.6 is 11.6 Å². The van der Waals surface area contributed by atoms with E-state index < -0.39 is 0 Å². The number of imidazole rings is 1. The van der Waals surface area contributed by atoms with E-state index in [0.717, 1.165) is 12.1 Å². The highest BCUT2D eigenvalue weighted by Crippen LogP contribution is 2.15. The quantitative estimate of drug-likeness (QED) is 0.767.